The lowest BCUT2D eigenvalue weighted by Gasteiger charge is -2.24. The van der Waals surface area contributed by atoms with E-state index >= 15 is 0 Å². The monoisotopic (exact) mass is 526 g/mol. The normalized spacial score (nSPS) is 16.2. The van der Waals surface area contributed by atoms with Crippen LogP contribution in [0.25, 0.3) is 10.2 Å². The van der Waals surface area contributed by atoms with Crippen molar-refractivity contribution in [3.05, 3.63) is 86.2 Å². The molecule has 2 aromatic carbocycles. The Morgan fingerprint density at radius 3 is 2.66 bits per heavy atom. The van der Waals surface area contributed by atoms with E-state index < -0.39 is 17.7 Å². The lowest BCUT2D eigenvalue weighted by atomic mass is 9.96. The number of nitrogens with zero attached hydrogens (tertiary/aromatic N) is 2. The number of hydrogen-bond donors (Lipinski definition) is 1. The Balaban J connectivity index is 1.67. The maximum absolute atomic E-state index is 13.3. The van der Waals surface area contributed by atoms with Crippen molar-refractivity contribution in [1.82, 2.24) is 4.98 Å². The minimum atomic E-state index is -0.798. The fourth-order valence-corrected chi connectivity index (χ4v) is 5.62. The number of anilines is 1. The molecule has 9 heteroatoms. The van der Waals surface area contributed by atoms with Gasteiger partial charge in [-0.25, -0.2) is 4.98 Å². The Bertz CT molecular complexity index is 1380. The Hall–Kier alpha value is -3.01. The smallest absolute Gasteiger partial charge is 0.296 e. The van der Waals surface area contributed by atoms with E-state index in [4.69, 9.17) is 4.74 Å². The largest absolute Gasteiger partial charge is 0.503 e. The molecule has 1 aliphatic rings. The molecular formula is C23H15BrN2O4S2. The summed E-state index contributed by atoms with van der Waals surface area (Å²) < 4.78 is 6.99. The third-order valence-corrected chi connectivity index (χ3v) is 7.59. The summed E-state index contributed by atoms with van der Waals surface area (Å²) in [5.41, 5.74) is 1.45. The number of ether oxygens (including phenoxy) is 1. The number of carbonyl (C=O) groups excluding carboxylic acids is 2. The quantitative estimate of drug-likeness (QED) is 0.327. The second-order valence-corrected chi connectivity index (χ2v) is 9.90. The molecule has 32 heavy (non-hydrogen) atoms. The van der Waals surface area contributed by atoms with E-state index in [0.717, 1.165) is 9.17 Å². The van der Waals surface area contributed by atoms with Gasteiger partial charge in [0.1, 0.15) is 5.75 Å². The molecular weight excluding hydrogens is 512 g/mol. The van der Waals surface area contributed by atoms with Crippen LogP contribution < -0.4 is 9.64 Å². The number of aliphatic hydroxyl groups excluding tert-OH is 1. The molecule has 0 saturated carbocycles. The van der Waals surface area contributed by atoms with Crippen LogP contribution in [-0.2, 0) is 4.79 Å². The van der Waals surface area contributed by atoms with Crippen molar-refractivity contribution >= 4 is 65.6 Å². The molecule has 0 spiro atoms. The highest BCUT2D eigenvalue weighted by Crippen LogP contribution is 2.44. The van der Waals surface area contributed by atoms with Crippen molar-refractivity contribution in [3.63, 3.8) is 0 Å². The third-order valence-electron chi connectivity index (χ3n) is 5.17. The number of benzene rings is 2. The van der Waals surface area contributed by atoms with Gasteiger partial charge in [0.15, 0.2) is 10.9 Å². The molecule has 160 valence electrons. The number of carbonyl (C=O) groups is 2. The topological polar surface area (TPSA) is 79.7 Å². The second kappa shape index (κ2) is 8.16. The van der Waals surface area contributed by atoms with Gasteiger partial charge in [0.05, 0.1) is 33.8 Å². The number of Topliss-reactive ketones (excluding diaryl/α,β-unsaturated/α-hetero) is 1. The minimum Gasteiger partial charge on any atom is -0.503 e. The zero-order chi connectivity index (χ0) is 22.4. The van der Waals surface area contributed by atoms with Gasteiger partial charge in [-0.1, -0.05) is 45.5 Å². The van der Waals surface area contributed by atoms with Gasteiger partial charge in [0.25, 0.3) is 5.91 Å². The molecule has 5 rings (SSSR count). The summed E-state index contributed by atoms with van der Waals surface area (Å²) in [6.45, 7) is 0. The number of thiophene rings is 1. The third kappa shape index (κ3) is 3.42. The van der Waals surface area contributed by atoms with E-state index in [9.17, 15) is 14.7 Å². The fraction of sp³-hybridized carbons (Fsp3) is 0.0870. The molecule has 4 aromatic rings. The molecule has 3 heterocycles. The van der Waals surface area contributed by atoms with Gasteiger partial charge in [0.2, 0.25) is 5.78 Å². The van der Waals surface area contributed by atoms with E-state index in [1.54, 1.807) is 30.7 Å². The first-order valence-electron chi connectivity index (χ1n) is 9.53. The summed E-state index contributed by atoms with van der Waals surface area (Å²) in [5.74, 6) is -0.888. The van der Waals surface area contributed by atoms with Crippen LogP contribution in [0.15, 0.2) is 75.8 Å². The van der Waals surface area contributed by atoms with Crippen molar-refractivity contribution in [1.29, 1.82) is 0 Å². The van der Waals surface area contributed by atoms with Crippen LogP contribution in [0, 0.1) is 0 Å². The molecule has 1 N–H and O–H groups in total. The Morgan fingerprint density at radius 1 is 1.19 bits per heavy atom. The minimum absolute atomic E-state index is 0.0524. The van der Waals surface area contributed by atoms with Gasteiger partial charge < -0.3 is 9.84 Å². The summed E-state index contributed by atoms with van der Waals surface area (Å²) in [6, 6.07) is 15.4. The van der Waals surface area contributed by atoms with Crippen molar-refractivity contribution in [3.8, 4) is 5.75 Å². The molecule has 0 radical (unpaired) electrons. The van der Waals surface area contributed by atoms with Crippen LogP contribution in [0.3, 0.4) is 0 Å². The number of thiazole rings is 1. The van der Waals surface area contributed by atoms with Crippen LogP contribution >= 0.6 is 38.6 Å². The number of amides is 1. The number of aliphatic hydroxyl groups is 1. The molecule has 1 aliphatic heterocycles. The van der Waals surface area contributed by atoms with E-state index in [-0.39, 0.29) is 11.4 Å². The number of ketones is 1. The number of hydrogen-bond acceptors (Lipinski definition) is 7. The Kier molecular flexibility index (Phi) is 5.32. The van der Waals surface area contributed by atoms with Gasteiger partial charge in [-0.15, -0.1) is 11.3 Å². The first kappa shape index (κ1) is 20.9. The highest BCUT2D eigenvalue weighted by Gasteiger charge is 2.46. The number of rotatable bonds is 5. The average molecular weight is 527 g/mol. The number of aromatic nitrogens is 1. The first-order valence-corrected chi connectivity index (χ1v) is 12.0. The van der Waals surface area contributed by atoms with Gasteiger partial charge in [-0.3, -0.25) is 14.5 Å². The Morgan fingerprint density at radius 2 is 1.97 bits per heavy atom. The van der Waals surface area contributed by atoms with E-state index in [2.05, 4.69) is 20.9 Å². The second-order valence-electron chi connectivity index (χ2n) is 7.03. The van der Waals surface area contributed by atoms with Crippen molar-refractivity contribution in [2.45, 2.75) is 6.04 Å². The maximum Gasteiger partial charge on any atom is 0.296 e. The van der Waals surface area contributed by atoms with Crippen LogP contribution in [0.5, 0.6) is 5.75 Å². The SMILES string of the molecule is COc1ccc2nc(N3C(=O)C(O)=C(C(=O)c4cccs4)[C@@H]3c3ccc(Br)cc3)sc2c1. The maximum atomic E-state index is 13.3. The zero-order valence-electron chi connectivity index (χ0n) is 16.6. The predicted octanol–water partition coefficient (Wildman–Crippen LogP) is 5.91. The van der Waals surface area contributed by atoms with Crippen LogP contribution in [0.2, 0.25) is 0 Å². The number of fused-ring (bicyclic) bond motifs is 1. The average Bonchev–Trinajstić information content (AvgIpc) is 3.52. The van der Waals surface area contributed by atoms with E-state index in [0.29, 0.717) is 26.8 Å². The van der Waals surface area contributed by atoms with Gasteiger partial charge in [-0.2, -0.15) is 0 Å². The van der Waals surface area contributed by atoms with Crippen LogP contribution in [0.4, 0.5) is 5.13 Å². The summed E-state index contributed by atoms with van der Waals surface area (Å²) in [5, 5.41) is 13.0. The number of halogens is 1. The van der Waals surface area contributed by atoms with Gasteiger partial charge >= 0.3 is 0 Å². The summed E-state index contributed by atoms with van der Waals surface area (Å²) in [4.78, 5) is 33.0. The fourth-order valence-electron chi connectivity index (χ4n) is 3.66. The molecule has 1 amide bonds. The lowest BCUT2D eigenvalue weighted by Crippen LogP contribution is -2.30. The number of methoxy groups -OCH3 is 1. The summed E-state index contributed by atoms with van der Waals surface area (Å²) in [6.07, 6.45) is 0. The van der Waals surface area contributed by atoms with Crippen molar-refractivity contribution in [2.24, 2.45) is 0 Å². The van der Waals surface area contributed by atoms with E-state index in [1.807, 2.05) is 36.4 Å². The predicted molar refractivity (Wildman–Crippen MR) is 129 cm³/mol. The molecule has 0 fully saturated rings. The van der Waals surface area contributed by atoms with Crippen molar-refractivity contribution < 1.29 is 19.4 Å². The lowest BCUT2D eigenvalue weighted by molar-refractivity contribution is -0.117. The molecule has 0 bridgehead atoms. The molecule has 0 unspecified atom stereocenters. The highest BCUT2D eigenvalue weighted by molar-refractivity contribution is 9.10. The summed E-state index contributed by atoms with van der Waals surface area (Å²) in [7, 11) is 1.58. The van der Waals surface area contributed by atoms with Crippen LogP contribution in [0.1, 0.15) is 21.3 Å². The van der Waals surface area contributed by atoms with Gasteiger partial charge in [0, 0.05) is 4.47 Å². The molecule has 0 saturated heterocycles. The van der Waals surface area contributed by atoms with Gasteiger partial charge in [-0.05, 0) is 47.3 Å². The zero-order valence-corrected chi connectivity index (χ0v) is 19.8. The molecule has 1 atom stereocenters. The van der Waals surface area contributed by atoms with E-state index in [1.165, 1.54) is 27.6 Å². The molecule has 0 aliphatic carbocycles. The van der Waals surface area contributed by atoms with Crippen molar-refractivity contribution in [2.75, 3.05) is 12.0 Å². The first-order chi connectivity index (χ1) is 15.5. The summed E-state index contributed by atoms with van der Waals surface area (Å²) >= 11 is 5.99. The molecule has 2 aromatic heterocycles. The molecule has 6 nitrogen and oxygen atoms in total. The van der Waals surface area contributed by atoms with Crippen LogP contribution in [-0.4, -0.2) is 28.9 Å². The Labute approximate surface area is 199 Å². The standard InChI is InChI=1S/C23H15BrN2O4S2/c1-30-14-8-9-15-17(11-14)32-23(25-15)26-19(12-4-6-13(24)7-5-12)18(21(28)22(26)29)20(27)16-3-2-10-31-16/h2-11,19,28H,1H3/t19-/m0/s1. The highest BCUT2D eigenvalue weighted by atomic mass is 79.9.